The molecule has 0 radical (unpaired) electrons. The van der Waals surface area contributed by atoms with Crippen LogP contribution in [0.25, 0.3) is 0 Å². The highest BCUT2D eigenvalue weighted by Gasteiger charge is 2.13. The number of carbonyl (C=O) groups is 1. The number of ether oxygens (including phenoxy) is 1. The SMILES string of the molecule is COc1ccccc1NC(=O)c1csc(Nc2cccc(C)n2)n1. The number of anilines is 3. The number of thiazole rings is 1. The molecule has 0 unspecified atom stereocenters. The van der Waals surface area contributed by atoms with E-state index in [-0.39, 0.29) is 5.91 Å². The lowest BCUT2D eigenvalue weighted by atomic mass is 10.3. The number of hydrogen-bond acceptors (Lipinski definition) is 6. The second kappa shape index (κ2) is 7.10. The van der Waals surface area contributed by atoms with Gasteiger partial charge in [-0.3, -0.25) is 4.79 Å². The molecule has 0 saturated carbocycles. The van der Waals surface area contributed by atoms with E-state index < -0.39 is 0 Å². The third-order valence-corrected chi connectivity index (χ3v) is 3.97. The third-order valence-electron chi connectivity index (χ3n) is 3.22. The molecule has 2 N–H and O–H groups in total. The van der Waals surface area contributed by atoms with Gasteiger partial charge in [0.05, 0.1) is 12.8 Å². The van der Waals surface area contributed by atoms with Crippen LogP contribution in [0.1, 0.15) is 16.2 Å². The maximum Gasteiger partial charge on any atom is 0.275 e. The molecule has 6 nitrogen and oxygen atoms in total. The second-order valence-corrected chi connectivity index (χ2v) is 5.84. The van der Waals surface area contributed by atoms with Gasteiger partial charge in [-0.2, -0.15) is 0 Å². The zero-order valence-electron chi connectivity index (χ0n) is 13.2. The van der Waals surface area contributed by atoms with E-state index in [4.69, 9.17) is 4.74 Å². The molecular formula is C17H16N4O2S. The minimum atomic E-state index is -0.291. The van der Waals surface area contributed by atoms with Crippen molar-refractivity contribution in [1.82, 2.24) is 9.97 Å². The smallest absolute Gasteiger partial charge is 0.275 e. The fraction of sp³-hybridized carbons (Fsp3) is 0.118. The van der Waals surface area contributed by atoms with Crippen LogP contribution in [0.15, 0.2) is 47.8 Å². The van der Waals surface area contributed by atoms with E-state index in [0.717, 1.165) is 5.69 Å². The molecule has 0 aliphatic carbocycles. The Morgan fingerprint density at radius 2 is 1.96 bits per heavy atom. The van der Waals surface area contributed by atoms with Crippen molar-refractivity contribution in [2.45, 2.75) is 6.92 Å². The summed E-state index contributed by atoms with van der Waals surface area (Å²) in [6, 6.07) is 12.9. The molecule has 0 aliphatic rings. The van der Waals surface area contributed by atoms with Gasteiger partial charge in [0, 0.05) is 11.1 Å². The zero-order valence-corrected chi connectivity index (χ0v) is 14.1. The fourth-order valence-corrected chi connectivity index (χ4v) is 2.79. The minimum absolute atomic E-state index is 0.291. The van der Waals surface area contributed by atoms with Crippen molar-refractivity contribution in [2.24, 2.45) is 0 Å². The summed E-state index contributed by atoms with van der Waals surface area (Å²) in [5, 5.41) is 8.21. The summed E-state index contributed by atoms with van der Waals surface area (Å²) in [6.07, 6.45) is 0. The van der Waals surface area contributed by atoms with E-state index in [1.54, 1.807) is 24.6 Å². The van der Waals surface area contributed by atoms with Crippen LogP contribution < -0.4 is 15.4 Å². The number of carbonyl (C=O) groups excluding carboxylic acids is 1. The Kier molecular flexibility index (Phi) is 4.72. The number of nitrogens with one attached hydrogen (secondary N) is 2. The van der Waals surface area contributed by atoms with Gasteiger partial charge in [-0.1, -0.05) is 18.2 Å². The summed E-state index contributed by atoms with van der Waals surface area (Å²) in [5.74, 6) is 1.01. The largest absolute Gasteiger partial charge is 0.495 e. The molecule has 122 valence electrons. The average molecular weight is 340 g/mol. The monoisotopic (exact) mass is 340 g/mol. The van der Waals surface area contributed by atoms with Gasteiger partial charge in [0.2, 0.25) is 0 Å². The Balaban J connectivity index is 1.72. The quantitative estimate of drug-likeness (QED) is 0.738. The minimum Gasteiger partial charge on any atom is -0.495 e. The molecule has 0 atom stereocenters. The van der Waals surface area contributed by atoms with Crippen LogP contribution in [0.5, 0.6) is 5.75 Å². The Morgan fingerprint density at radius 1 is 1.12 bits per heavy atom. The van der Waals surface area contributed by atoms with Gasteiger partial charge < -0.3 is 15.4 Å². The van der Waals surface area contributed by atoms with E-state index >= 15 is 0 Å². The lowest BCUT2D eigenvalue weighted by Gasteiger charge is -2.08. The van der Waals surface area contributed by atoms with Crippen LogP contribution in [0.4, 0.5) is 16.6 Å². The molecule has 0 aliphatic heterocycles. The van der Waals surface area contributed by atoms with Gasteiger partial charge in [-0.25, -0.2) is 9.97 Å². The predicted molar refractivity (Wildman–Crippen MR) is 95.3 cm³/mol. The molecule has 24 heavy (non-hydrogen) atoms. The van der Waals surface area contributed by atoms with Crippen molar-refractivity contribution >= 4 is 33.9 Å². The number of rotatable bonds is 5. The molecule has 7 heteroatoms. The second-order valence-electron chi connectivity index (χ2n) is 4.98. The normalized spacial score (nSPS) is 10.2. The number of pyridine rings is 1. The molecule has 0 bridgehead atoms. The maximum atomic E-state index is 12.3. The van der Waals surface area contributed by atoms with Gasteiger partial charge in [-0.05, 0) is 31.2 Å². The fourth-order valence-electron chi connectivity index (χ4n) is 2.09. The highest BCUT2D eigenvalue weighted by molar-refractivity contribution is 7.14. The van der Waals surface area contributed by atoms with E-state index in [0.29, 0.717) is 28.1 Å². The number of methoxy groups -OCH3 is 1. The van der Waals surface area contributed by atoms with Crippen LogP contribution in [0.3, 0.4) is 0 Å². The number of amides is 1. The molecule has 2 aromatic heterocycles. The van der Waals surface area contributed by atoms with Gasteiger partial charge in [0.25, 0.3) is 5.91 Å². The van der Waals surface area contributed by atoms with E-state index in [9.17, 15) is 4.79 Å². The van der Waals surface area contributed by atoms with Crippen LogP contribution >= 0.6 is 11.3 Å². The van der Waals surface area contributed by atoms with Gasteiger partial charge in [0.15, 0.2) is 5.13 Å². The van der Waals surface area contributed by atoms with Crippen LogP contribution in [-0.4, -0.2) is 23.0 Å². The standard InChI is InChI=1S/C17H16N4O2S/c1-11-6-5-9-15(18-11)21-17-20-13(10-24-17)16(22)19-12-7-3-4-8-14(12)23-2/h3-10H,1-2H3,(H,19,22)(H,18,20,21). The summed E-state index contributed by atoms with van der Waals surface area (Å²) in [4.78, 5) is 21.0. The highest BCUT2D eigenvalue weighted by atomic mass is 32.1. The van der Waals surface area contributed by atoms with E-state index in [1.165, 1.54) is 11.3 Å². The van der Waals surface area contributed by atoms with Crippen molar-refractivity contribution in [3.8, 4) is 5.75 Å². The van der Waals surface area contributed by atoms with Crippen LogP contribution in [0.2, 0.25) is 0 Å². The van der Waals surface area contributed by atoms with Gasteiger partial charge in [-0.15, -0.1) is 11.3 Å². The van der Waals surface area contributed by atoms with Gasteiger partial charge in [0.1, 0.15) is 17.3 Å². The lowest BCUT2D eigenvalue weighted by molar-refractivity contribution is 0.102. The van der Waals surface area contributed by atoms with Crippen molar-refractivity contribution in [3.63, 3.8) is 0 Å². The van der Waals surface area contributed by atoms with Crippen molar-refractivity contribution in [3.05, 3.63) is 59.2 Å². The number of aromatic nitrogens is 2. The maximum absolute atomic E-state index is 12.3. The summed E-state index contributed by atoms with van der Waals surface area (Å²) in [7, 11) is 1.56. The molecule has 1 amide bonds. The van der Waals surface area contributed by atoms with Crippen LogP contribution in [0, 0.1) is 6.92 Å². The first-order valence-corrected chi connectivity index (χ1v) is 8.14. The average Bonchev–Trinajstić information content (AvgIpc) is 3.04. The highest BCUT2D eigenvalue weighted by Crippen LogP contribution is 2.25. The molecule has 0 saturated heterocycles. The first-order valence-electron chi connectivity index (χ1n) is 7.26. The number of benzene rings is 1. The predicted octanol–water partition coefficient (Wildman–Crippen LogP) is 3.85. The Labute approximate surface area is 143 Å². The summed E-state index contributed by atoms with van der Waals surface area (Å²) in [6.45, 7) is 1.92. The topological polar surface area (TPSA) is 76.1 Å². The van der Waals surface area contributed by atoms with Crippen molar-refractivity contribution < 1.29 is 9.53 Å². The Hall–Kier alpha value is -2.93. The molecule has 1 aromatic carbocycles. The number of hydrogen-bond donors (Lipinski definition) is 2. The molecular weight excluding hydrogens is 324 g/mol. The number of nitrogens with zero attached hydrogens (tertiary/aromatic N) is 2. The summed E-state index contributed by atoms with van der Waals surface area (Å²) >= 11 is 1.34. The molecule has 0 fully saturated rings. The molecule has 0 spiro atoms. The third kappa shape index (κ3) is 3.69. The van der Waals surface area contributed by atoms with E-state index in [1.807, 2.05) is 37.3 Å². The first-order chi connectivity index (χ1) is 11.7. The van der Waals surface area contributed by atoms with Crippen molar-refractivity contribution in [2.75, 3.05) is 17.7 Å². The Bertz CT molecular complexity index is 863. The molecule has 2 heterocycles. The lowest BCUT2D eigenvalue weighted by Crippen LogP contribution is -2.13. The summed E-state index contributed by atoms with van der Waals surface area (Å²) < 4.78 is 5.22. The van der Waals surface area contributed by atoms with Gasteiger partial charge >= 0.3 is 0 Å². The van der Waals surface area contributed by atoms with E-state index in [2.05, 4.69) is 20.6 Å². The number of para-hydroxylation sites is 2. The van der Waals surface area contributed by atoms with Crippen LogP contribution in [-0.2, 0) is 0 Å². The van der Waals surface area contributed by atoms with Crippen molar-refractivity contribution in [1.29, 1.82) is 0 Å². The first kappa shape index (κ1) is 15.9. The number of aryl methyl sites for hydroxylation is 1. The molecule has 3 rings (SSSR count). The summed E-state index contributed by atoms with van der Waals surface area (Å²) in [5.41, 5.74) is 1.85. The zero-order chi connectivity index (χ0) is 16.9. The molecule has 3 aromatic rings. The Morgan fingerprint density at radius 3 is 2.75 bits per heavy atom.